The van der Waals surface area contributed by atoms with Crippen LogP contribution in [-0.4, -0.2) is 80.8 Å². The molecule has 0 aromatic heterocycles. The van der Waals surface area contributed by atoms with E-state index in [-0.39, 0.29) is 12.0 Å². The zero-order chi connectivity index (χ0) is 20.5. The van der Waals surface area contributed by atoms with E-state index in [0.717, 1.165) is 76.7 Å². The summed E-state index contributed by atoms with van der Waals surface area (Å²) in [5, 5.41) is 3.40. The summed E-state index contributed by atoms with van der Waals surface area (Å²) in [6, 6.07) is 8.22. The van der Waals surface area contributed by atoms with Crippen molar-refractivity contribution in [2.45, 2.75) is 38.7 Å². The highest BCUT2D eigenvalue weighted by molar-refractivity contribution is 5.82. The molecule has 7 heteroatoms. The van der Waals surface area contributed by atoms with Crippen molar-refractivity contribution in [3.8, 4) is 5.75 Å². The Morgan fingerprint density at radius 1 is 1.21 bits per heavy atom. The largest absolute Gasteiger partial charge is 0.497 e. The van der Waals surface area contributed by atoms with Crippen molar-refractivity contribution in [1.82, 2.24) is 15.1 Å². The van der Waals surface area contributed by atoms with E-state index >= 15 is 0 Å². The van der Waals surface area contributed by atoms with Crippen LogP contribution in [0.15, 0.2) is 29.3 Å². The number of carbonyl (C=O) groups excluding carboxylic acids is 1. The third kappa shape index (κ3) is 6.10. The molecule has 0 radical (unpaired) electrons. The number of hydrogen-bond acceptors (Lipinski definition) is 4. The summed E-state index contributed by atoms with van der Waals surface area (Å²) in [7, 11) is 1.68. The van der Waals surface area contributed by atoms with Gasteiger partial charge in [0.25, 0.3) is 5.91 Å². The number of benzene rings is 1. The molecule has 3 rings (SSSR count). The average molecular weight is 403 g/mol. The first-order chi connectivity index (χ1) is 14.2. The Hall–Kier alpha value is -2.28. The molecule has 1 aromatic rings. The van der Waals surface area contributed by atoms with Gasteiger partial charge >= 0.3 is 0 Å². The van der Waals surface area contributed by atoms with Gasteiger partial charge in [-0.15, -0.1) is 0 Å². The number of rotatable bonds is 7. The van der Waals surface area contributed by atoms with Crippen molar-refractivity contribution in [3.63, 3.8) is 0 Å². The maximum atomic E-state index is 12.5. The van der Waals surface area contributed by atoms with Gasteiger partial charge in [0.1, 0.15) is 11.9 Å². The SMILES string of the molecule is CCNC(=NCCCc1ccc(OC)cc1)N1CCN(C(=O)C2CCCO2)CC1. The number of aliphatic imine (C=N–C) groups is 1. The third-order valence-corrected chi connectivity index (χ3v) is 5.48. The molecule has 1 amide bonds. The summed E-state index contributed by atoms with van der Waals surface area (Å²) in [6.07, 6.45) is 3.62. The lowest BCUT2D eigenvalue weighted by Gasteiger charge is -2.37. The van der Waals surface area contributed by atoms with Crippen molar-refractivity contribution in [3.05, 3.63) is 29.8 Å². The Bertz CT molecular complexity index is 663. The summed E-state index contributed by atoms with van der Waals surface area (Å²) in [6.45, 7) is 7.50. The highest BCUT2D eigenvalue weighted by Crippen LogP contribution is 2.16. The van der Waals surface area contributed by atoms with Crippen LogP contribution in [0.1, 0.15) is 31.7 Å². The van der Waals surface area contributed by atoms with Gasteiger partial charge in [-0.3, -0.25) is 9.79 Å². The molecule has 1 N–H and O–H groups in total. The zero-order valence-electron chi connectivity index (χ0n) is 17.7. The fraction of sp³-hybridized carbons (Fsp3) is 0.636. The summed E-state index contributed by atoms with van der Waals surface area (Å²) >= 11 is 0. The number of aryl methyl sites for hydroxylation is 1. The minimum atomic E-state index is -0.221. The quantitative estimate of drug-likeness (QED) is 0.429. The first kappa shape index (κ1) is 21.4. The summed E-state index contributed by atoms with van der Waals surface area (Å²) in [5.41, 5.74) is 1.30. The molecule has 160 valence electrons. The first-order valence-electron chi connectivity index (χ1n) is 10.8. The topological polar surface area (TPSA) is 66.4 Å². The van der Waals surface area contributed by atoms with E-state index in [2.05, 4.69) is 29.3 Å². The van der Waals surface area contributed by atoms with Crippen molar-refractivity contribution in [2.75, 3.05) is 53.0 Å². The highest BCUT2D eigenvalue weighted by Gasteiger charge is 2.30. The second-order valence-electron chi connectivity index (χ2n) is 7.50. The van der Waals surface area contributed by atoms with Crippen molar-refractivity contribution < 1.29 is 14.3 Å². The van der Waals surface area contributed by atoms with Gasteiger partial charge in [0.05, 0.1) is 7.11 Å². The van der Waals surface area contributed by atoms with Gasteiger partial charge in [-0.2, -0.15) is 0 Å². The Morgan fingerprint density at radius 3 is 2.55 bits per heavy atom. The molecule has 2 aliphatic heterocycles. The molecule has 7 nitrogen and oxygen atoms in total. The predicted octanol–water partition coefficient (Wildman–Crippen LogP) is 1.92. The minimum Gasteiger partial charge on any atom is -0.497 e. The summed E-state index contributed by atoms with van der Waals surface area (Å²) in [5.74, 6) is 1.99. The maximum Gasteiger partial charge on any atom is 0.251 e. The lowest BCUT2D eigenvalue weighted by Crippen LogP contribution is -2.55. The van der Waals surface area contributed by atoms with E-state index in [1.807, 2.05) is 17.0 Å². The molecule has 1 unspecified atom stereocenters. The molecular formula is C22H34N4O3. The number of methoxy groups -OCH3 is 1. The van der Waals surface area contributed by atoms with Gasteiger partial charge in [0.2, 0.25) is 0 Å². The summed E-state index contributed by atoms with van der Waals surface area (Å²) < 4.78 is 10.8. The number of nitrogens with zero attached hydrogens (tertiary/aromatic N) is 3. The molecule has 1 atom stereocenters. The van der Waals surface area contributed by atoms with Gasteiger partial charge in [0, 0.05) is 45.9 Å². The van der Waals surface area contributed by atoms with Gasteiger partial charge in [-0.05, 0) is 50.3 Å². The molecule has 0 saturated carbocycles. The van der Waals surface area contributed by atoms with Crippen LogP contribution >= 0.6 is 0 Å². The third-order valence-electron chi connectivity index (χ3n) is 5.48. The number of piperazine rings is 1. The maximum absolute atomic E-state index is 12.5. The summed E-state index contributed by atoms with van der Waals surface area (Å²) in [4.78, 5) is 21.5. The normalized spacial score (nSPS) is 20.1. The number of hydrogen-bond donors (Lipinski definition) is 1. The van der Waals surface area contributed by atoms with Crippen molar-refractivity contribution in [2.24, 2.45) is 4.99 Å². The zero-order valence-corrected chi connectivity index (χ0v) is 17.7. The van der Waals surface area contributed by atoms with E-state index in [1.54, 1.807) is 7.11 Å². The molecule has 1 aromatic carbocycles. The minimum absolute atomic E-state index is 0.156. The second kappa shape index (κ2) is 11.0. The number of ether oxygens (including phenoxy) is 2. The smallest absolute Gasteiger partial charge is 0.251 e. The number of guanidine groups is 1. The Morgan fingerprint density at radius 2 is 1.93 bits per heavy atom. The van der Waals surface area contributed by atoms with Crippen LogP contribution in [0.4, 0.5) is 0 Å². The van der Waals surface area contributed by atoms with E-state index in [1.165, 1.54) is 5.56 Å². The monoisotopic (exact) mass is 402 g/mol. The van der Waals surface area contributed by atoms with Gasteiger partial charge in [0.15, 0.2) is 5.96 Å². The first-order valence-corrected chi connectivity index (χ1v) is 10.8. The Labute approximate surface area is 174 Å². The van der Waals surface area contributed by atoms with Crippen LogP contribution in [-0.2, 0) is 16.0 Å². The molecule has 0 aliphatic carbocycles. The number of nitrogens with one attached hydrogen (secondary N) is 1. The van der Waals surface area contributed by atoms with E-state index in [4.69, 9.17) is 14.5 Å². The molecule has 0 spiro atoms. The lowest BCUT2D eigenvalue weighted by molar-refractivity contribution is -0.142. The van der Waals surface area contributed by atoms with Gasteiger partial charge < -0.3 is 24.6 Å². The van der Waals surface area contributed by atoms with Gasteiger partial charge in [-0.1, -0.05) is 12.1 Å². The molecule has 2 heterocycles. The fourth-order valence-electron chi connectivity index (χ4n) is 3.80. The second-order valence-corrected chi connectivity index (χ2v) is 7.50. The molecule has 2 saturated heterocycles. The molecular weight excluding hydrogens is 368 g/mol. The van der Waals surface area contributed by atoms with Crippen LogP contribution < -0.4 is 10.1 Å². The van der Waals surface area contributed by atoms with Crippen LogP contribution in [0, 0.1) is 0 Å². The molecule has 0 bridgehead atoms. The predicted molar refractivity (Wildman–Crippen MR) is 114 cm³/mol. The van der Waals surface area contributed by atoms with Crippen molar-refractivity contribution in [1.29, 1.82) is 0 Å². The van der Waals surface area contributed by atoms with Crippen molar-refractivity contribution >= 4 is 11.9 Å². The number of carbonyl (C=O) groups is 1. The lowest BCUT2D eigenvalue weighted by atomic mass is 10.1. The standard InChI is InChI=1S/C22H34N4O3/c1-3-23-22(24-12-4-6-18-8-10-19(28-2)11-9-18)26-15-13-25(14-16-26)21(27)20-7-5-17-29-20/h8-11,20H,3-7,12-17H2,1-2H3,(H,23,24). The average Bonchev–Trinajstić information content (AvgIpc) is 3.31. The van der Waals surface area contributed by atoms with Crippen LogP contribution in [0.2, 0.25) is 0 Å². The van der Waals surface area contributed by atoms with E-state index in [0.29, 0.717) is 6.61 Å². The molecule has 2 aliphatic rings. The van der Waals surface area contributed by atoms with E-state index in [9.17, 15) is 4.79 Å². The molecule has 29 heavy (non-hydrogen) atoms. The van der Waals surface area contributed by atoms with Crippen LogP contribution in [0.3, 0.4) is 0 Å². The fourth-order valence-corrected chi connectivity index (χ4v) is 3.80. The molecule has 2 fully saturated rings. The van der Waals surface area contributed by atoms with Gasteiger partial charge in [-0.25, -0.2) is 0 Å². The Kier molecular flexibility index (Phi) is 8.16. The van der Waals surface area contributed by atoms with Crippen LogP contribution in [0.25, 0.3) is 0 Å². The van der Waals surface area contributed by atoms with E-state index < -0.39 is 0 Å². The highest BCUT2D eigenvalue weighted by atomic mass is 16.5. The Balaban J connectivity index is 1.45. The number of amides is 1. The van der Waals surface area contributed by atoms with Crippen LogP contribution in [0.5, 0.6) is 5.75 Å².